The maximum Gasteiger partial charge on any atom is 0.133 e. The SMILES string of the molecule is Cc1[nH]cnc1C#CCCS. The van der Waals surface area contributed by atoms with Crippen molar-refractivity contribution in [2.75, 3.05) is 5.75 Å². The fraction of sp³-hybridized carbons (Fsp3) is 0.375. The van der Waals surface area contributed by atoms with Crippen molar-refractivity contribution in [3.8, 4) is 11.8 Å². The second-order valence-corrected chi connectivity index (χ2v) is 2.60. The fourth-order valence-corrected chi connectivity index (χ4v) is 0.799. The lowest BCUT2D eigenvalue weighted by Gasteiger charge is -1.82. The van der Waals surface area contributed by atoms with Crippen LogP contribution in [0.4, 0.5) is 0 Å². The summed E-state index contributed by atoms with van der Waals surface area (Å²) in [6, 6.07) is 0. The highest BCUT2D eigenvalue weighted by Crippen LogP contribution is 1.96. The Bertz CT molecular complexity index is 280. The van der Waals surface area contributed by atoms with Crippen molar-refractivity contribution in [2.45, 2.75) is 13.3 Å². The average molecular weight is 166 g/mol. The van der Waals surface area contributed by atoms with E-state index < -0.39 is 0 Å². The zero-order valence-corrected chi connectivity index (χ0v) is 7.28. The first-order valence-electron chi connectivity index (χ1n) is 3.44. The van der Waals surface area contributed by atoms with Gasteiger partial charge in [-0.3, -0.25) is 0 Å². The van der Waals surface area contributed by atoms with E-state index in [0.29, 0.717) is 0 Å². The van der Waals surface area contributed by atoms with Crippen LogP contribution in [0.2, 0.25) is 0 Å². The number of hydrogen-bond donors (Lipinski definition) is 2. The monoisotopic (exact) mass is 166 g/mol. The molecule has 1 aromatic rings. The number of nitrogens with zero attached hydrogens (tertiary/aromatic N) is 1. The van der Waals surface area contributed by atoms with Gasteiger partial charge in [0.25, 0.3) is 0 Å². The molecule has 0 aliphatic heterocycles. The Balaban J connectivity index is 2.65. The number of aromatic nitrogens is 2. The number of hydrogen-bond acceptors (Lipinski definition) is 2. The minimum atomic E-state index is 0.802. The molecular formula is C8H10N2S. The third-order valence-corrected chi connectivity index (χ3v) is 1.50. The summed E-state index contributed by atoms with van der Waals surface area (Å²) in [5, 5.41) is 0. The van der Waals surface area contributed by atoms with E-state index in [2.05, 4.69) is 34.4 Å². The summed E-state index contributed by atoms with van der Waals surface area (Å²) in [6.07, 6.45) is 2.47. The number of aryl methyl sites for hydroxylation is 1. The molecule has 0 atom stereocenters. The summed E-state index contributed by atoms with van der Waals surface area (Å²) in [4.78, 5) is 7.00. The van der Waals surface area contributed by atoms with Gasteiger partial charge in [-0.05, 0) is 12.8 Å². The van der Waals surface area contributed by atoms with Crippen molar-refractivity contribution in [1.29, 1.82) is 0 Å². The van der Waals surface area contributed by atoms with E-state index in [4.69, 9.17) is 0 Å². The molecule has 0 saturated carbocycles. The molecule has 0 aliphatic rings. The lowest BCUT2D eigenvalue weighted by atomic mass is 10.3. The van der Waals surface area contributed by atoms with Gasteiger partial charge in [0.1, 0.15) is 5.69 Å². The zero-order chi connectivity index (χ0) is 8.10. The predicted octanol–water partition coefficient (Wildman–Crippen LogP) is 1.39. The topological polar surface area (TPSA) is 28.7 Å². The Morgan fingerprint density at radius 1 is 1.73 bits per heavy atom. The maximum atomic E-state index is 4.05. The molecule has 0 unspecified atom stereocenters. The van der Waals surface area contributed by atoms with Gasteiger partial charge >= 0.3 is 0 Å². The standard InChI is InChI=1S/C8H10N2S/c1-7-8(10-6-9-7)4-2-3-5-11/h6,11H,3,5H2,1H3,(H,9,10). The molecule has 1 rings (SSSR count). The van der Waals surface area contributed by atoms with E-state index in [1.54, 1.807) is 6.33 Å². The molecule has 2 nitrogen and oxygen atoms in total. The van der Waals surface area contributed by atoms with Crippen molar-refractivity contribution < 1.29 is 0 Å². The molecule has 0 aromatic carbocycles. The first-order chi connectivity index (χ1) is 5.34. The maximum absolute atomic E-state index is 4.05. The summed E-state index contributed by atoms with van der Waals surface area (Å²) in [7, 11) is 0. The fourth-order valence-electron chi connectivity index (χ4n) is 0.687. The first-order valence-corrected chi connectivity index (χ1v) is 4.07. The van der Waals surface area contributed by atoms with Crippen LogP contribution in [0.1, 0.15) is 17.8 Å². The molecule has 1 aromatic heterocycles. The molecular weight excluding hydrogens is 156 g/mol. The number of aromatic amines is 1. The molecule has 58 valence electrons. The summed E-state index contributed by atoms with van der Waals surface area (Å²) >= 11 is 4.05. The number of nitrogens with one attached hydrogen (secondary N) is 1. The number of imidazole rings is 1. The number of thiol groups is 1. The quantitative estimate of drug-likeness (QED) is 0.479. The highest BCUT2D eigenvalue weighted by atomic mass is 32.1. The van der Waals surface area contributed by atoms with Crippen LogP contribution in [0, 0.1) is 18.8 Å². The largest absolute Gasteiger partial charge is 0.348 e. The Morgan fingerprint density at radius 3 is 3.09 bits per heavy atom. The van der Waals surface area contributed by atoms with Crippen molar-refractivity contribution in [3.05, 3.63) is 17.7 Å². The Morgan fingerprint density at radius 2 is 2.55 bits per heavy atom. The van der Waals surface area contributed by atoms with Gasteiger partial charge in [-0.15, -0.1) is 0 Å². The number of H-pyrrole nitrogens is 1. The minimum Gasteiger partial charge on any atom is -0.348 e. The van der Waals surface area contributed by atoms with Crippen molar-refractivity contribution in [1.82, 2.24) is 9.97 Å². The van der Waals surface area contributed by atoms with Crippen LogP contribution < -0.4 is 0 Å². The summed E-state index contributed by atoms with van der Waals surface area (Å²) in [5.41, 5.74) is 1.86. The second-order valence-electron chi connectivity index (χ2n) is 2.15. The molecule has 0 bridgehead atoms. The third-order valence-electron chi connectivity index (χ3n) is 1.27. The van der Waals surface area contributed by atoms with Crippen LogP contribution in [0.5, 0.6) is 0 Å². The van der Waals surface area contributed by atoms with Crippen LogP contribution in [-0.2, 0) is 0 Å². The van der Waals surface area contributed by atoms with Gasteiger partial charge in [-0.25, -0.2) is 4.98 Å². The molecule has 0 amide bonds. The van der Waals surface area contributed by atoms with Crippen LogP contribution >= 0.6 is 12.6 Å². The summed E-state index contributed by atoms with van der Waals surface area (Å²) in [6.45, 7) is 1.96. The third kappa shape index (κ3) is 2.32. The predicted molar refractivity (Wildman–Crippen MR) is 48.7 cm³/mol. The van der Waals surface area contributed by atoms with E-state index in [-0.39, 0.29) is 0 Å². The minimum absolute atomic E-state index is 0.802. The zero-order valence-electron chi connectivity index (χ0n) is 6.39. The van der Waals surface area contributed by atoms with E-state index in [9.17, 15) is 0 Å². The summed E-state index contributed by atoms with van der Waals surface area (Å²) < 4.78 is 0. The average Bonchev–Trinajstić information content (AvgIpc) is 2.37. The normalized spacial score (nSPS) is 8.91. The Labute approximate surface area is 71.8 Å². The van der Waals surface area contributed by atoms with Gasteiger partial charge in [-0.2, -0.15) is 12.6 Å². The molecule has 3 heteroatoms. The van der Waals surface area contributed by atoms with E-state index in [0.717, 1.165) is 23.6 Å². The van der Waals surface area contributed by atoms with E-state index in [1.807, 2.05) is 6.92 Å². The molecule has 0 saturated heterocycles. The molecule has 0 aliphatic carbocycles. The van der Waals surface area contributed by atoms with Gasteiger partial charge < -0.3 is 4.98 Å². The highest BCUT2D eigenvalue weighted by molar-refractivity contribution is 7.80. The second kappa shape index (κ2) is 4.09. The molecule has 0 fully saturated rings. The van der Waals surface area contributed by atoms with E-state index in [1.165, 1.54) is 0 Å². The molecule has 1 N–H and O–H groups in total. The van der Waals surface area contributed by atoms with Crippen LogP contribution in [0.3, 0.4) is 0 Å². The van der Waals surface area contributed by atoms with E-state index >= 15 is 0 Å². The van der Waals surface area contributed by atoms with Gasteiger partial charge in [0, 0.05) is 17.9 Å². The lowest BCUT2D eigenvalue weighted by Crippen LogP contribution is -1.78. The van der Waals surface area contributed by atoms with Crippen molar-refractivity contribution in [3.63, 3.8) is 0 Å². The highest BCUT2D eigenvalue weighted by Gasteiger charge is 1.92. The number of rotatable bonds is 1. The smallest absolute Gasteiger partial charge is 0.133 e. The van der Waals surface area contributed by atoms with Gasteiger partial charge in [0.2, 0.25) is 0 Å². The lowest BCUT2D eigenvalue weighted by molar-refractivity contribution is 1.25. The van der Waals surface area contributed by atoms with Crippen LogP contribution in [0.15, 0.2) is 6.33 Å². The molecule has 0 radical (unpaired) electrons. The Kier molecular flexibility index (Phi) is 3.06. The van der Waals surface area contributed by atoms with Crippen molar-refractivity contribution >= 4 is 12.6 Å². The molecule has 0 spiro atoms. The molecule has 11 heavy (non-hydrogen) atoms. The van der Waals surface area contributed by atoms with Gasteiger partial charge in [0.15, 0.2) is 0 Å². The van der Waals surface area contributed by atoms with Gasteiger partial charge in [-0.1, -0.05) is 5.92 Å². The van der Waals surface area contributed by atoms with Crippen LogP contribution in [-0.4, -0.2) is 15.7 Å². The molecule has 1 heterocycles. The van der Waals surface area contributed by atoms with Crippen LogP contribution in [0.25, 0.3) is 0 Å². The van der Waals surface area contributed by atoms with Gasteiger partial charge in [0.05, 0.1) is 6.33 Å². The summed E-state index contributed by atoms with van der Waals surface area (Å²) in [5.74, 6) is 6.72. The first kappa shape index (κ1) is 8.22. The Hall–Kier alpha value is -0.880. The van der Waals surface area contributed by atoms with Crippen molar-refractivity contribution in [2.24, 2.45) is 0 Å².